The van der Waals surface area contributed by atoms with Gasteiger partial charge < -0.3 is 4.74 Å². The average Bonchev–Trinajstić information content (AvgIpc) is 3.49. The second-order valence-corrected chi connectivity index (χ2v) is 12.8. The molecule has 5 aromatic carbocycles. The van der Waals surface area contributed by atoms with Gasteiger partial charge in [0.05, 0.1) is 5.41 Å². The van der Waals surface area contributed by atoms with Crippen LogP contribution in [0.3, 0.4) is 0 Å². The molecule has 1 aliphatic heterocycles. The largest absolute Gasteiger partial charge is 0.456 e. The number of nitrogens with zero attached hydrogens (tertiary/aromatic N) is 4. The summed E-state index contributed by atoms with van der Waals surface area (Å²) in [5.41, 5.74) is 11.3. The smallest absolute Gasteiger partial charge is 0.182 e. The molecule has 2 aromatic heterocycles. The molecule has 3 heterocycles. The van der Waals surface area contributed by atoms with Gasteiger partial charge in [0, 0.05) is 34.0 Å². The van der Waals surface area contributed by atoms with Crippen molar-refractivity contribution in [1.82, 2.24) is 19.9 Å². The van der Waals surface area contributed by atoms with Crippen LogP contribution in [0.15, 0.2) is 158 Å². The average molecular weight is 643 g/mol. The van der Waals surface area contributed by atoms with E-state index >= 15 is 0 Å². The van der Waals surface area contributed by atoms with E-state index in [9.17, 15) is 0 Å². The molecule has 0 saturated heterocycles. The van der Waals surface area contributed by atoms with E-state index in [2.05, 4.69) is 132 Å². The van der Waals surface area contributed by atoms with Crippen molar-refractivity contribution in [1.29, 1.82) is 0 Å². The summed E-state index contributed by atoms with van der Waals surface area (Å²) in [7, 11) is 0. The zero-order chi connectivity index (χ0) is 33.1. The van der Waals surface area contributed by atoms with Crippen LogP contribution in [0, 0.1) is 0 Å². The number of fused-ring (bicyclic) bond motifs is 9. The highest BCUT2D eigenvalue weighted by Crippen LogP contribution is 2.63. The van der Waals surface area contributed by atoms with E-state index in [-0.39, 0.29) is 0 Å². The van der Waals surface area contributed by atoms with Gasteiger partial charge in [0.1, 0.15) is 17.2 Å². The zero-order valence-electron chi connectivity index (χ0n) is 27.1. The minimum Gasteiger partial charge on any atom is -0.456 e. The van der Waals surface area contributed by atoms with E-state index < -0.39 is 5.41 Å². The molecule has 5 heteroatoms. The Balaban J connectivity index is 1.23. The van der Waals surface area contributed by atoms with Crippen molar-refractivity contribution in [3.05, 3.63) is 186 Å². The summed E-state index contributed by atoms with van der Waals surface area (Å²) in [5.74, 6) is 3.46. The van der Waals surface area contributed by atoms with Crippen LogP contribution < -0.4 is 4.74 Å². The van der Waals surface area contributed by atoms with E-state index in [0.29, 0.717) is 23.2 Å². The number of rotatable bonds is 4. The SMILES string of the molecule is C1=CC(c2nc(-c3ccccn3)nc(-c3ccccc3-c3cccc4c3Oc3ccccc3C43c4ccccc4-c4ccccc43)n2)=CCC1. The standard InChI is InChI=1S/C45H30N4O/c1-2-15-29(16-3-1)42-47-43(49-44(48-42)39-26-12-13-28-46-39)34-20-5-4-17-30(34)33-21-14-25-38-41(33)50-40-27-11-10-24-37(40)45(38)35-22-8-6-18-31(35)32-19-7-9-23-36(32)45/h2,4-28H,1,3H2. The van der Waals surface area contributed by atoms with Crippen molar-refractivity contribution in [3.63, 3.8) is 0 Å². The molecule has 50 heavy (non-hydrogen) atoms. The fraction of sp³-hybridized carbons (Fsp3) is 0.0667. The summed E-state index contributed by atoms with van der Waals surface area (Å²) in [5, 5.41) is 0. The van der Waals surface area contributed by atoms with Gasteiger partial charge in [0.15, 0.2) is 17.5 Å². The van der Waals surface area contributed by atoms with Crippen LogP contribution in [0.25, 0.3) is 50.7 Å². The number of hydrogen-bond donors (Lipinski definition) is 0. The molecule has 3 aliphatic rings. The van der Waals surface area contributed by atoms with Crippen LogP contribution in [0.4, 0.5) is 0 Å². The Kier molecular flexibility index (Phi) is 6.46. The van der Waals surface area contributed by atoms with Crippen molar-refractivity contribution >= 4 is 5.57 Å². The van der Waals surface area contributed by atoms with Crippen LogP contribution >= 0.6 is 0 Å². The van der Waals surface area contributed by atoms with E-state index in [1.807, 2.05) is 24.3 Å². The Bertz CT molecular complexity index is 2490. The molecule has 10 rings (SSSR count). The minimum atomic E-state index is -0.547. The predicted molar refractivity (Wildman–Crippen MR) is 198 cm³/mol. The normalized spacial score (nSPS) is 14.6. The lowest BCUT2D eigenvalue weighted by molar-refractivity contribution is 0.438. The number of aromatic nitrogens is 4. The maximum Gasteiger partial charge on any atom is 0.182 e. The van der Waals surface area contributed by atoms with E-state index in [1.54, 1.807) is 6.20 Å². The van der Waals surface area contributed by atoms with Gasteiger partial charge in [-0.25, -0.2) is 15.0 Å². The lowest BCUT2D eigenvalue weighted by atomic mass is 9.65. The van der Waals surface area contributed by atoms with Crippen LogP contribution in [-0.4, -0.2) is 19.9 Å². The molecule has 236 valence electrons. The molecule has 0 radical (unpaired) electrons. The summed E-state index contributed by atoms with van der Waals surface area (Å²) >= 11 is 0. The fourth-order valence-electron chi connectivity index (χ4n) is 8.02. The van der Waals surface area contributed by atoms with Crippen molar-refractivity contribution < 1.29 is 4.74 Å². The molecule has 0 fully saturated rings. The summed E-state index contributed by atoms with van der Waals surface area (Å²) in [6.45, 7) is 0. The van der Waals surface area contributed by atoms with Crippen LogP contribution in [0.2, 0.25) is 0 Å². The molecule has 0 N–H and O–H groups in total. The summed E-state index contributed by atoms with van der Waals surface area (Å²) in [4.78, 5) is 19.7. The number of ether oxygens (including phenoxy) is 1. The first-order valence-electron chi connectivity index (χ1n) is 17.1. The van der Waals surface area contributed by atoms with E-state index in [0.717, 1.165) is 57.7 Å². The lowest BCUT2D eigenvalue weighted by Crippen LogP contribution is -2.32. The van der Waals surface area contributed by atoms with Gasteiger partial charge in [0.2, 0.25) is 0 Å². The van der Waals surface area contributed by atoms with Gasteiger partial charge >= 0.3 is 0 Å². The highest BCUT2D eigenvalue weighted by atomic mass is 16.5. The molecule has 2 aliphatic carbocycles. The Morgan fingerprint density at radius 1 is 0.480 bits per heavy atom. The van der Waals surface area contributed by atoms with Crippen molar-refractivity contribution in [3.8, 4) is 56.7 Å². The Morgan fingerprint density at radius 2 is 1.10 bits per heavy atom. The monoisotopic (exact) mass is 642 g/mol. The van der Waals surface area contributed by atoms with Gasteiger partial charge in [0.25, 0.3) is 0 Å². The molecular formula is C45H30N4O. The predicted octanol–water partition coefficient (Wildman–Crippen LogP) is 10.5. The quantitative estimate of drug-likeness (QED) is 0.191. The number of hydrogen-bond acceptors (Lipinski definition) is 5. The van der Waals surface area contributed by atoms with Crippen LogP contribution in [-0.2, 0) is 5.41 Å². The Labute approximate surface area is 290 Å². The molecule has 0 unspecified atom stereocenters. The van der Waals surface area contributed by atoms with Crippen molar-refractivity contribution in [2.75, 3.05) is 0 Å². The van der Waals surface area contributed by atoms with Crippen LogP contribution in [0.5, 0.6) is 11.5 Å². The summed E-state index contributed by atoms with van der Waals surface area (Å²) in [6.07, 6.45) is 10.2. The molecule has 0 amide bonds. The number of para-hydroxylation sites is 2. The first-order chi connectivity index (χ1) is 24.8. The number of allylic oxidation sites excluding steroid dienone is 4. The lowest BCUT2D eigenvalue weighted by Gasteiger charge is -2.40. The highest BCUT2D eigenvalue weighted by Gasteiger charge is 2.51. The molecule has 1 spiro atoms. The molecule has 0 atom stereocenters. The third-order valence-corrected chi connectivity index (χ3v) is 10.1. The summed E-state index contributed by atoms with van der Waals surface area (Å²) < 4.78 is 7.00. The topological polar surface area (TPSA) is 60.8 Å². The maximum atomic E-state index is 7.00. The summed E-state index contributed by atoms with van der Waals surface area (Å²) in [6, 6.07) is 46.8. The van der Waals surface area contributed by atoms with Gasteiger partial charge in [-0.15, -0.1) is 0 Å². The number of benzene rings is 5. The molecule has 0 bridgehead atoms. The highest BCUT2D eigenvalue weighted by molar-refractivity contribution is 5.92. The van der Waals surface area contributed by atoms with Crippen molar-refractivity contribution in [2.45, 2.75) is 18.3 Å². The first kappa shape index (κ1) is 28.5. The Morgan fingerprint density at radius 3 is 1.84 bits per heavy atom. The third-order valence-electron chi connectivity index (χ3n) is 10.1. The third kappa shape index (κ3) is 4.20. The molecular weight excluding hydrogens is 613 g/mol. The van der Waals surface area contributed by atoms with Gasteiger partial charge in [-0.2, -0.15) is 0 Å². The van der Waals surface area contributed by atoms with Crippen LogP contribution in [0.1, 0.15) is 40.9 Å². The van der Waals surface area contributed by atoms with E-state index in [4.69, 9.17) is 19.7 Å². The molecule has 0 saturated carbocycles. The van der Waals surface area contributed by atoms with E-state index in [1.165, 1.54) is 22.3 Å². The molecule has 5 nitrogen and oxygen atoms in total. The first-order valence-corrected chi connectivity index (χ1v) is 17.1. The maximum absolute atomic E-state index is 7.00. The number of pyridine rings is 1. The minimum absolute atomic E-state index is 0.540. The second-order valence-electron chi connectivity index (χ2n) is 12.8. The Hall–Kier alpha value is -6.46. The fourth-order valence-corrected chi connectivity index (χ4v) is 8.02. The van der Waals surface area contributed by atoms with Crippen molar-refractivity contribution in [2.24, 2.45) is 0 Å². The van der Waals surface area contributed by atoms with Gasteiger partial charge in [-0.3, -0.25) is 4.98 Å². The van der Waals surface area contributed by atoms with Gasteiger partial charge in [-0.05, 0) is 58.9 Å². The molecule has 7 aromatic rings. The zero-order valence-corrected chi connectivity index (χ0v) is 27.1. The second kappa shape index (κ2) is 11.3. The van der Waals surface area contributed by atoms with Gasteiger partial charge in [-0.1, -0.05) is 133 Å².